The van der Waals surface area contributed by atoms with E-state index in [2.05, 4.69) is 9.97 Å². The summed E-state index contributed by atoms with van der Waals surface area (Å²) in [5, 5.41) is 2.80. The first-order chi connectivity index (χ1) is 33.2. The van der Waals surface area contributed by atoms with Gasteiger partial charge >= 0.3 is 6.18 Å². The zero-order chi connectivity index (χ0) is 46.1. The highest BCUT2D eigenvalue weighted by Gasteiger charge is 2.41. The molecule has 0 fully saturated rings. The number of nitrogens with zero attached hydrogens (tertiary/aromatic N) is 4. The van der Waals surface area contributed by atoms with Crippen LogP contribution in [0.25, 0.3) is 111 Å². The first-order valence-corrected chi connectivity index (χ1v) is 22.0. The summed E-state index contributed by atoms with van der Waals surface area (Å²) in [6, 6.07) is 59.2. The van der Waals surface area contributed by atoms with Crippen LogP contribution in [0, 0.1) is 11.6 Å². The highest BCUT2D eigenvalue weighted by molar-refractivity contribution is 6.12. The topological polar surface area (TPSA) is 35.6 Å². The van der Waals surface area contributed by atoms with E-state index in [0.29, 0.717) is 38.4 Å². The number of benzene rings is 8. The number of hydrogen-bond acceptors (Lipinski definition) is 2. The Morgan fingerprint density at radius 3 is 1.35 bits per heavy atom. The zero-order valence-electron chi connectivity index (χ0n) is 35.9. The summed E-state index contributed by atoms with van der Waals surface area (Å²) in [5.74, 6) is -1.99. The predicted octanol–water partition coefficient (Wildman–Crippen LogP) is 16.3. The maximum atomic E-state index is 16.9. The highest BCUT2D eigenvalue weighted by atomic mass is 19.4. The van der Waals surface area contributed by atoms with Crippen LogP contribution in [-0.4, -0.2) is 19.1 Å². The second-order valence-electron chi connectivity index (χ2n) is 16.7. The molecule has 0 radical (unpaired) electrons. The number of fused-ring (bicyclic) bond motifs is 6. The van der Waals surface area contributed by atoms with Crippen LogP contribution in [0.15, 0.2) is 213 Å². The van der Waals surface area contributed by atoms with Crippen molar-refractivity contribution in [2.24, 2.45) is 0 Å². The van der Waals surface area contributed by atoms with E-state index in [1.54, 1.807) is 41.2 Å². The number of hydrogen-bond donors (Lipinski definition) is 0. The van der Waals surface area contributed by atoms with Crippen LogP contribution in [0.5, 0.6) is 0 Å². The molecule has 0 saturated heterocycles. The molecule has 12 rings (SSSR count). The van der Waals surface area contributed by atoms with E-state index in [0.717, 1.165) is 62.1 Å². The number of halogens is 5. The normalized spacial score (nSPS) is 11.9. The summed E-state index contributed by atoms with van der Waals surface area (Å²) < 4.78 is 86.3. The Morgan fingerprint density at radius 1 is 0.368 bits per heavy atom. The lowest BCUT2D eigenvalue weighted by Gasteiger charge is -2.25. The van der Waals surface area contributed by atoms with E-state index in [4.69, 9.17) is 0 Å². The number of aromatic nitrogens is 4. The Bertz CT molecular complexity index is 3910. The molecule has 326 valence electrons. The van der Waals surface area contributed by atoms with Crippen LogP contribution in [0.2, 0.25) is 0 Å². The standard InChI is InChI=1S/C59H35F5N4/c60-47-18-11-19-48(61)56(47)46-26-27-53(67-51-20-9-7-16-42(51)44-24-22-38(34-54(44)67)40-28-30-65-49(32-40)36-12-3-1-4-13-36)57(59(62,63)64)58(46)68-52-21-10-8-17-43(52)45-25-23-39(35-55(45)68)41-29-31-66-50(33-41)37-14-5-2-6-15-37/h1-35H. The molecule has 68 heavy (non-hydrogen) atoms. The molecule has 0 aliphatic rings. The number of pyridine rings is 2. The molecule has 0 N–H and O–H groups in total. The van der Waals surface area contributed by atoms with Crippen molar-refractivity contribution >= 4 is 43.6 Å². The molecule has 0 bridgehead atoms. The van der Waals surface area contributed by atoms with Gasteiger partial charge in [0, 0.05) is 50.6 Å². The second kappa shape index (κ2) is 16.0. The van der Waals surface area contributed by atoms with Gasteiger partial charge < -0.3 is 9.13 Å². The van der Waals surface area contributed by atoms with Gasteiger partial charge in [-0.2, -0.15) is 13.2 Å². The van der Waals surface area contributed by atoms with Gasteiger partial charge in [0.1, 0.15) is 17.2 Å². The third-order valence-corrected chi connectivity index (χ3v) is 12.8. The van der Waals surface area contributed by atoms with Crippen molar-refractivity contribution < 1.29 is 22.0 Å². The molecule has 0 amide bonds. The van der Waals surface area contributed by atoms with Crippen molar-refractivity contribution in [1.82, 2.24) is 19.1 Å². The van der Waals surface area contributed by atoms with E-state index in [9.17, 15) is 0 Å². The maximum Gasteiger partial charge on any atom is 0.420 e. The second-order valence-corrected chi connectivity index (χ2v) is 16.7. The van der Waals surface area contributed by atoms with Crippen LogP contribution >= 0.6 is 0 Å². The van der Waals surface area contributed by atoms with Gasteiger partial charge in [0.05, 0.1) is 50.4 Å². The van der Waals surface area contributed by atoms with Gasteiger partial charge in [0.25, 0.3) is 0 Å². The van der Waals surface area contributed by atoms with Gasteiger partial charge in [-0.3, -0.25) is 9.97 Å². The quantitative estimate of drug-likeness (QED) is 0.149. The average molecular weight is 895 g/mol. The summed E-state index contributed by atoms with van der Waals surface area (Å²) in [5.41, 5.74) is 5.76. The summed E-state index contributed by atoms with van der Waals surface area (Å²) >= 11 is 0. The Morgan fingerprint density at radius 2 is 0.824 bits per heavy atom. The molecule has 12 aromatic rings. The fraction of sp³-hybridized carbons (Fsp3) is 0.0169. The number of alkyl halides is 3. The van der Waals surface area contributed by atoms with Gasteiger partial charge in [-0.05, 0) is 95.1 Å². The first kappa shape index (κ1) is 40.8. The molecule has 0 saturated carbocycles. The van der Waals surface area contributed by atoms with E-state index < -0.39 is 34.6 Å². The first-order valence-electron chi connectivity index (χ1n) is 22.0. The van der Waals surface area contributed by atoms with Crippen molar-refractivity contribution in [1.29, 1.82) is 0 Å². The SMILES string of the molecule is Fc1cccc(F)c1-c1ccc(-n2c3ccccc3c3ccc(-c4ccnc(-c5ccccc5)c4)cc32)c(C(F)(F)F)c1-n1c2ccccc2c2ccc(-c3ccnc(-c4ccccc4)c3)cc21. The minimum atomic E-state index is -5.07. The van der Waals surface area contributed by atoms with E-state index in [1.807, 2.05) is 146 Å². The lowest BCUT2D eigenvalue weighted by atomic mass is 9.96. The van der Waals surface area contributed by atoms with Gasteiger partial charge in [-0.25, -0.2) is 8.78 Å². The van der Waals surface area contributed by atoms with Gasteiger partial charge in [0.15, 0.2) is 0 Å². The monoisotopic (exact) mass is 894 g/mol. The fourth-order valence-electron chi connectivity index (χ4n) is 9.79. The summed E-state index contributed by atoms with van der Waals surface area (Å²) in [6.07, 6.45) is -1.64. The molecular weight excluding hydrogens is 860 g/mol. The molecule has 8 aromatic carbocycles. The van der Waals surface area contributed by atoms with Crippen molar-refractivity contribution in [2.45, 2.75) is 6.18 Å². The van der Waals surface area contributed by atoms with Crippen molar-refractivity contribution in [3.05, 3.63) is 230 Å². The third kappa shape index (κ3) is 6.73. The lowest BCUT2D eigenvalue weighted by Crippen LogP contribution is -2.17. The summed E-state index contributed by atoms with van der Waals surface area (Å²) in [4.78, 5) is 9.22. The Kier molecular flexibility index (Phi) is 9.62. The Hall–Kier alpha value is -8.69. The van der Waals surface area contributed by atoms with E-state index >= 15 is 22.0 Å². The third-order valence-electron chi connectivity index (χ3n) is 12.8. The predicted molar refractivity (Wildman–Crippen MR) is 263 cm³/mol. The molecule has 0 aliphatic carbocycles. The lowest BCUT2D eigenvalue weighted by molar-refractivity contribution is -0.137. The Labute approximate surface area is 386 Å². The average Bonchev–Trinajstić information content (AvgIpc) is 3.88. The molecule has 0 unspecified atom stereocenters. The van der Waals surface area contributed by atoms with Crippen molar-refractivity contribution in [3.63, 3.8) is 0 Å². The van der Waals surface area contributed by atoms with Crippen LogP contribution in [-0.2, 0) is 6.18 Å². The van der Waals surface area contributed by atoms with Crippen LogP contribution in [0.4, 0.5) is 22.0 Å². The molecule has 0 aliphatic heterocycles. The summed E-state index contributed by atoms with van der Waals surface area (Å²) in [6.45, 7) is 0. The molecule has 4 heterocycles. The molecule has 9 heteroatoms. The molecule has 4 aromatic heterocycles. The largest absolute Gasteiger partial charge is 0.420 e. The molecular formula is C59H35F5N4. The van der Waals surface area contributed by atoms with Crippen LogP contribution < -0.4 is 0 Å². The molecule has 0 atom stereocenters. The van der Waals surface area contributed by atoms with Gasteiger partial charge in [-0.15, -0.1) is 0 Å². The maximum absolute atomic E-state index is 16.9. The minimum Gasteiger partial charge on any atom is -0.309 e. The van der Waals surface area contributed by atoms with Crippen molar-refractivity contribution in [2.75, 3.05) is 0 Å². The smallest absolute Gasteiger partial charge is 0.309 e. The Balaban J connectivity index is 1.18. The fourth-order valence-corrected chi connectivity index (χ4v) is 9.79. The van der Waals surface area contributed by atoms with Crippen LogP contribution in [0.1, 0.15) is 5.56 Å². The van der Waals surface area contributed by atoms with E-state index in [-0.39, 0.29) is 11.3 Å². The zero-order valence-corrected chi connectivity index (χ0v) is 35.9. The number of rotatable bonds is 7. The highest BCUT2D eigenvalue weighted by Crippen LogP contribution is 2.49. The van der Waals surface area contributed by atoms with Crippen LogP contribution in [0.3, 0.4) is 0 Å². The minimum absolute atomic E-state index is 0.209. The number of para-hydroxylation sites is 2. The van der Waals surface area contributed by atoms with Gasteiger partial charge in [-0.1, -0.05) is 127 Å². The molecule has 0 spiro atoms. The summed E-state index contributed by atoms with van der Waals surface area (Å²) in [7, 11) is 0. The van der Waals surface area contributed by atoms with Gasteiger partial charge in [0.2, 0.25) is 0 Å². The van der Waals surface area contributed by atoms with E-state index in [1.165, 1.54) is 22.8 Å². The van der Waals surface area contributed by atoms with Crippen molar-refractivity contribution in [3.8, 4) is 67.3 Å². The molecule has 4 nitrogen and oxygen atoms in total.